The lowest BCUT2D eigenvalue weighted by Crippen LogP contribution is -2.25. The summed E-state index contributed by atoms with van der Waals surface area (Å²) in [6.45, 7) is 4.29. The Kier molecular flexibility index (Phi) is 12.0. The van der Waals surface area contributed by atoms with E-state index in [9.17, 15) is 9.59 Å². The zero-order valence-corrected chi connectivity index (χ0v) is 14.3. The van der Waals surface area contributed by atoms with E-state index >= 15 is 0 Å². The first-order chi connectivity index (χ1) is 10.7. The maximum atomic E-state index is 12.0. The van der Waals surface area contributed by atoms with Crippen LogP contribution in [0.4, 0.5) is 5.69 Å². The third kappa shape index (κ3) is 9.18. The molecule has 4 N–H and O–H groups in total. The number of halogens is 1. The van der Waals surface area contributed by atoms with Crippen LogP contribution in [0.1, 0.15) is 36.5 Å². The van der Waals surface area contributed by atoms with Crippen molar-refractivity contribution in [3.05, 3.63) is 29.8 Å². The van der Waals surface area contributed by atoms with Crippen molar-refractivity contribution in [1.29, 1.82) is 0 Å². The van der Waals surface area contributed by atoms with Gasteiger partial charge in [0.05, 0.1) is 0 Å². The Morgan fingerprint density at radius 2 is 2.04 bits per heavy atom. The van der Waals surface area contributed by atoms with Crippen LogP contribution >= 0.6 is 12.4 Å². The molecule has 23 heavy (non-hydrogen) atoms. The molecule has 0 aliphatic heterocycles. The van der Waals surface area contributed by atoms with Crippen molar-refractivity contribution in [2.24, 2.45) is 5.73 Å². The Labute approximate surface area is 143 Å². The van der Waals surface area contributed by atoms with E-state index in [2.05, 4.69) is 10.6 Å². The second-order valence-electron chi connectivity index (χ2n) is 4.83. The smallest absolute Gasteiger partial charge is 0.251 e. The van der Waals surface area contributed by atoms with E-state index in [-0.39, 0.29) is 24.2 Å². The van der Waals surface area contributed by atoms with Crippen molar-refractivity contribution in [3.63, 3.8) is 0 Å². The van der Waals surface area contributed by atoms with Crippen molar-refractivity contribution < 1.29 is 14.3 Å². The number of anilines is 1. The van der Waals surface area contributed by atoms with Gasteiger partial charge in [-0.1, -0.05) is 6.07 Å². The Balaban J connectivity index is 0.00000484. The quantitative estimate of drug-likeness (QED) is 0.566. The third-order valence-corrected chi connectivity index (χ3v) is 2.97. The van der Waals surface area contributed by atoms with Gasteiger partial charge in [0.1, 0.15) is 0 Å². The van der Waals surface area contributed by atoms with Gasteiger partial charge in [0.15, 0.2) is 0 Å². The highest BCUT2D eigenvalue weighted by Crippen LogP contribution is 2.11. The minimum absolute atomic E-state index is 0. The molecule has 0 unspecified atom stereocenters. The summed E-state index contributed by atoms with van der Waals surface area (Å²) in [7, 11) is 0. The number of benzene rings is 1. The molecular formula is C16H26ClN3O3. The first-order valence-corrected chi connectivity index (χ1v) is 7.63. The monoisotopic (exact) mass is 343 g/mol. The number of rotatable bonds is 10. The lowest BCUT2D eigenvalue weighted by Gasteiger charge is -2.08. The van der Waals surface area contributed by atoms with Gasteiger partial charge in [0, 0.05) is 37.4 Å². The molecule has 0 atom stereocenters. The normalized spacial score (nSPS) is 9.83. The lowest BCUT2D eigenvalue weighted by atomic mass is 10.2. The zero-order valence-electron chi connectivity index (χ0n) is 13.5. The number of nitrogens with two attached hydrogens (primary N) is 1. The molecule has 0 aliphatic carbocycles. The van der Waals surface area contributed by atoms with Gasteiger partial charge in [-0.2, -0.15) is 0 Å². The van der Waals surface area contributed by atoms with Crippen molar-refractivity contribution in [1.82, 2.24) is 5.32 Å². The van der Waals surface area contributed by atoms with Crippen LogP contribution in [0.5, 0.6) is 0 Å². The minimum atomic E-state index is -0.158. The summed E-state index contributed by atoms with van der Waals surface area (Å²) in [6, 6.07) is 6.88. The van der Waals surface area contributed by atoms with Crippen LogP contribution in [0.2, 0.25) is 0 Å². The molecule has 1 aromatic carbocycles. The van der Waals surface area contributed by atoms with Crippen LogP contribution in [0.15, 0.2) is 24.3 Å². The molecule has 0 radical (unpaired) electrons. The Morgan fingerprint density at radius 1 is 1.26 bits per heavy atom. The topological polar surface area (TPSA) is 93.5 Å². The summed E-state index contributed by atoms with van der Waals surface area (Å²) in [5.41, 5.74) is 6.51. The van der Waals surface area contributed by atoms with E-state index in [1.54, 1.807) is 24.3 Å². The number of carbonyl (C=O) groups is 2. The van der Waals surface area contributed by atoms with E-state index in [4.69, 9.17) is 10.5 Å². The lowest BCUT2D eigenvalue weighted by molar-refractivity contribution is -0.116. The highest BCUT2D eigenvalue weighted by molar-refractivity contribution is 5.97. The first kappa shape index (κ1) is 21.4. The van der Waals surface area contributed by atoms with E-state index in [0.717, 1.165) is 6.42 Å². The third-order valence-electron chi connectivity index (χ3n) is 2.97. The van der Waals surface area contributed by atoms with Crippen LogP contribution in [0.25, 0.3) is 0 Å². The van der Waals surface area contributed by atoms with Crippen LogP contribution in [-0.2, 0) is 9.53 Å². The van der Waals surface area contributed by atoms with E-state index < -0.39 is 0 Å². The Hall–Kier alpha value is -1.63. The molecule has 0 saturated heterocycles. The van der Waals surface area contributed by atoms with Crippen molar-refractivity contribution >= 4 is 29.9 Å². The van der Waals surface area contributed by atoms with Gasteiger partial charge in [0.2, 0.25) is 5.91 Å². The fourth-order valence-electron chi connectivity index (χ4n) is 1.85. The molecule has 7 heteroatoms. The molecule has 2 amide bonds. The fourth-order valence-corrected chi connectivity index (χ4v) is 1.85. The average Bonchev–Trinajstić information content (AvgIpc) is 2.52. The highest BCUT2D eigenvalue weighted by Gasteiger charge is 2.07. The SMILES string of the molecule is CCOCCCNC(=O)c1cccc(NC(=O)CCCN)c1.Cl. The number of hydrogen-bond acceptors (Lipinski definition) is 4. The molecule has 0 bridgehead atoms. The van der Waals surface area contributed by atoms with Crippen LogP contribution < -0.4 is 16.4 Å². The molecule has 6 nitrogen and oxygen atoms in total. The predicted molar refractivity (Wildman–Crippen MR) is 94.1 cm³/mol. The van der Waals surface area contributed by atoms with Crippen LogP contribution in [-0.4, -0.2) is 38.1 Å². The molecule has 0 heterocycles. The van der Waals surface area contributed by atoms with E-state index in [1.165, 1.54) is 0 Å². The fraction of sp³-hybridized carbons (Fsp3) is 0.500. The van der Waals surface area contributed by atoms with Gasteiger partial charge in [-0.05, 0) is 44.5 Å². The molecule has 0 spiro atoms. The Bertz CT molecular complexity index is 483. The van der Waals surface area contributed by atoms with Gasteiger partial charge in [-0.25, -0.2) is 0 Å². The standard InChI is InChI=1S/C16H25N3O3.ClH/c1-2-22-11-5-10-18-16(21)13-6-3-7-14(12-13)19-15(20)8-4-9-17;/h3,6-7,12H,2,4-5,8-11,17H2,1H3,(H,18,21)(H,19,20);1H. The summed E-state index contributed by atoms with van der Waals surface area (Å²) in [5, 5.41) is 5.59. The number of nitrogens with one attached hydrogen (secondary N) is 2. The molecular weight excluding hydrogens is 318 g/mol. The van der Waals surface area contributed by atoms with Gasteiger partial charge >= 0.3 is 0 Å². The van der Waals surface area contributed by atoms with Crippen molar-refractivity contribution in [2.45, 2.75) is 26.2 Å². The average molecular weight is 344 g/mol. The largest absolute Gasteiger partial charge is 0.382 e. The predicted octanol–water partition coefficient (Wildman–Crippen LogP) is 1.94. The van der Waals surface area contributed by atoms with Gasteiger partial charge in [-0.3, -0.25) is 9.59 Å². The number of ether oxygens (including phenoxy) is 1. The molecule has 1 aromatic rings. The maximum Gasteiger partial charge on any atom is 0.251 e. The second kappa shape index (κ2) is 12.9. The molecule has 1 rings (SSSR count). The van der Waals surface area contributed by atoms with Crippen molar-refractivity contribution in [2.75, 3.05) is 31.6 Å². The molecule has 0 aromatic heterocycles. The zero-order chi connectivity index (χ0) is 16.2. The van der Waals surface area contributed by atoms with E-state index in [0.29, 0.717) is 50.4 Å². The van der Waals surface area contributed by atoms with Gasteiger partial charge in [0.25, 0.3) is 5.91 Å². The molecule has 0 fully saturated rings. The second-order valence-corrected chi connectivity index (χ2v) is 4.83. The van der Waals surface area contributed by atoms with Crippen LogP contribution in [0, 0.1) is 0 Å². The summed E-state index contributed by atoms with van der Waals surface area (Å²) < 4.78 is 5.21. The number of amides is 2. The molecule has 0 aliphatic rings. The summed E-state index contributed by atoms with van der Waals surface area (Å²) in [5.74, 6) is -0.255. The number of hydrogen-bond donors (Lipinski definition) is 3. The molecule has 0 saturated carbocycles. The first-order valence-electron chi connectivity index (χ1n) is 7.63. The number of carbonyl (C=O) groups excluding carboxylic acids is 2. The van der Waals surface area contributed by atoms with Gasteiger partial charge in [-0.15, -0.1) is 12.4 Å². The van der Waals surface area contributed by atoms with Crippen LogP contribution in [0.3, 0.4) is 0 Å². The highest BCUT2D eigenvalue weighted by atomic mass is 35.5. The Morgan fingerprint density at radius 3 is 2.74 bits per heavy atom. The van der Waals surface area contributed by atoms with Gasteiger partial charge < -0.3 is 21.1 Å². The summed E-state index contributed by atoms with van der Waals surface area (Å²) in [4.78, 5) is 23.7. The summed E-state index contributed by atoms with van der Waals surface area (Å²) in [6.07, 6.45) is 1.80. The maximum absolute atomic E-state index is 12.0. The van der Waals surface area contributed by atoms with E-state index in [1.807, 2.05) is 6.92 Å². The van der Waals surface area contributed by atoms with Crippen molar-refractivity contribution in [3.8, 4) is 0 Å². The molecule has 130 valence electrons. The summed E-state index contributed by atoms with van der Waals surface area (Å²) >= 11 is 0. The minimum Gasteiger partial charge on any atom is -0.382 e.